The quantitative estimate of drug-likeness (QED) is 0.875. The molecule has 1 heterocycles. The number of benzene rings is 1. The molecule has 1 aliphatic carbocycles. The van der Waals surface area contributed by atoms with Gasteiger partial charge >= 0.3 is 0 Å². The van der Waals surface area contributed by atoms with E-state index in [1.807, 2.05) is 18.2 Å². The summed E-state index contributed by atoms with van der Waals surface area (Å²) in [5.41, 5.74) is 8.16. The molecule has 0 spiro atoms. The third kappa shape index (κ3) is 2.72. The Balaban J connectivity index is 1.95. The van der Waals surface area contributed by atoms with Gasteiger partial charge in [-0.3, -0.25) is 0 Å². The molecular formula is C17H23N3O. The van der Waals surface area contributed by atoms with Crippen molar-refractivity contribution in [2.45, 2.75) is 50.9 Å². The highest BCUT2D eigenvalue weighted by atomic mass is 16.5. The van der Waals surface area contributed by atoms with Crippen LogP contribution in [0.2, 0.25) is 0 Å². The Morgan fingerprint density at radius 1 is 1.14 bits per heavy atom. The van der Waals surface area contributed by atoms with Crippen LogP contribution in [-0.2, 0) is 5.41 Å². The van der Waals surface area contributed by atoms with Crippen LogP contribution in [0.5, 0.6) is 0 Å². The van der Waals surface area contributed by atoms with E-state index < -0.39 is 0 Å². The predicted octanol–water partition coefficient (Wildman–Crippen LogP) is 3.60. The van der Waals surface area contributed by atoms with Crippen molar-refractivity contribution in [1.82, 2.24) is 10.1 Å². The maximum absolute atomic E-state index is 6.09. The lowest BCUT2D eigenvalue weighted by Gasteiger charge is -2.26. The number of aryl methyl sites for hydroxylation is 1. The van der Waals surface area contributed by atoms with Crippen LogP contribution in [0.4, 0.5) is 0 Å². The summed E-state index contributed by atoms with van der Waals surface area (Å²) in [4.78, 5) is 4.69. The highest BCUT2D eigenvalue weighted by molar-refractivity contribution is 5.59. The zero-order valence-electron chi connectivity index (χ0n) is 12.6. The average molecular weight is 285 g/mol. The van der Waals surface area contributed by atoms with E-state index in [-0.39, 0.29) is 5.41 Å². The second kappa shape index (κ2) is 5.98. The van der Waals surface area contributed by atoms with Crippen molar-refractivity contribution >= 4 is 0 Å². The van der Waals surface area contributed by atoms with E-state index in [4.69, 9.17) is 15.2 Å². The topological polar surface area (TPSA) is 64.9 Å². The van der Waals surface area contributed by atoms with Crippen molar-refractivity contribution in [3.63, 3.8) is 0 Å². The van der Waals surface area contributed by atoms with Crippen molar-refractivity contribution in [1.29, 1.82) is 0 Å². The van der Waals surface area contributed by atoms with Gasteiger partial charge in [0.2, 0.25) is 11.7 Å². The summed E-state index contributed by atoms with van der Waals surface area (Å²) in [5, 5.41) is 4.20. The van der Waals surface area contributed by atoms with E-state index in [9.17, 15) is 0 Å². The zero-order valence-corrected chi connectivity index (χ0v) is 12.6. The molecule has 1 aromatic heterocycles. The SMILES string of the molecule is Cc1ccccc1-c1noc(C2(CN)CCCCCC2)n1. The van der Waals surface area contributed by atoms with Crippen LogP contribution in [-0.4, -0.2) is 16.7 Å². The number of nitrogens with two attached hydrogens (primary N) is 1. The molecule has 2 aromatic rings. The first-order valence-electron chi connectivity index (χ1n) is 7.85. The molecule has 0 radical (unpaired) electrons. The van der Waals surface area contributed by atoms with Gasteiger partial charge in [0.25, 0.3) is 0 Å². The number of aromatic nitrogens is 2. The second-order valence-corrected chi connectivity index (χ2v) is 6.14. The van der Waals surface area contributed by atoms with Gasteiger partial charge in [0.05, 0.1) is 5.41 Å². The lowest BCUT2D eigenvalue weighted by Crippen LogP contribution is -2.35. The highest BCUT2D eigenvalue weighted by Gasteiger charge is 2.37. The Kier molecular flexibility index (Phi) is 4.06. The molecule has 0 saturated heterocycles. The smallest absolute Gasteiger partial charge is 0.234 e. The number of rotatable bonds is 3. The summed E-state index contributed by atoms with van der Waals surface area (Å²) < 4.78 is 5.62. The fourth-order valence-electron chi connectivity index (χ4n) is 3.28. The van der Waals surface area contributed by atoms with Crippen LogP contribution in [0.25, 0.3) is 11.4 Å². The van der Waals surface area contributed by atoms with E-state index in [1.165, 1.54) is 25.7 Å². The standard InChI is InChI=1S/C17H23N3O/c1-13-8-4-5-9-14(13)15-19-16(21-20-15)17(12-18)10-6-2-3-7-11-17/h4-5,8-9H,2-3,6-7,10-12,18H2,1H3. The molecule has 1 fully saturated rings. The number of nitrogens with zero attached hydrogens (tertiary/aromatic N) is 2. The van der Waals surface area contributed by atoms with Crippen LogP contribution in [0.15, 0.2) is 28.8 Å². The van der Waals surface area contributed by atoms with Crippen molar-refractivity contribution in [3.8, 4) is 11.4 Å². The van der Waals surface area contributed by atoms with Crippen LogP contribution in [0, 0.1) is 6.92 Å². The van der Waals surface area contributed by atoms with E-state index in [2.05, 4.69) is 18.1 Å². The van der Waals surface area contributed by atoms with Crippen molar-refractivity contribution in [3.05, 3.63) is 35.7 Å². The third-order valence-corrected chi connectivity index (χ3v) is 4.72. The molecule has 1 saturated carbocycles. The molecule has 4 nitrogen and oxygen atoms in total. The number of hydrogen-bond acceptors (Lipinski definition) is 4. The molecule has 0 bridgehead atoms. The van der Waals surface area contributed by atoms with E-state index >= 15 is 0 Å². The molecule has 0 amide bonds. The Hall–Kier alpha value is -1.68. The normalized spacial score (nSPS) is 18.4. The maximum Gasteiger partial charge on any atom is 0.234 e. The summed E-state index contributed by atoms with van der Waals surface area (Å²) in [6.45, 7) is 2.65. The predicted molar refractivity (Wildman–Crippen MR) is 82.9 cm³/mol. The molecule has 1 aromatic carbocycles. The Morgan fingerprint density at radius 2 is 1.86 bits per heavy atom. The van der Waals surface area contributed by atoms with Crippen LogP contribution >= 0.6 is 0 Å². The average Bonchev–Trinajstić information content (AvgIpc) is 2.87. The molecule has 0 unspecified atom stereocenters. The number of hydrogen-bond donors (Lipinski definition) is 1. The molecule has 0 aliphatic heterocycles. The van der Waals surface area contributed by atoms with Crippen molar-refractivity contribution in [2.24, 2.45) is 5.73 Å². The van der Waals surface area contributed by atoms with E-state index in [0.717, 1.165) is 29.9 Å². The van der Waals surface area contributed by atoms with Gasteiger partial charge in [-0.2, -0.15) is 4.98 Å². The minimum Gasteiger partial charge on any atom is -0.338 e. The fourth-order valence-corrected chi connectivity index (χ4v) is 3.28. The summed E-state index contributed by atoms with van der Waals surface area (Å²) in [6.07, 6.45) is 7.05. The summed E-state index contributed by atoms with van der Waals surface area (Å²) in [6, 6.07) is 8.12. The minimum atomic E-state index is -0.121. The highest BCUT2D eigenvalue weighted by Crippen LogP contribution is 2.37. The maximum atomic E-state index is 6.09. The molecule has 2 N–H and O–H groups in total. The summed E-state index contributed by atoms with van der Waals surface area (Å²) in [7, 11) is 0. The van der Waals surface area contributed by atoms with Gasteiger partial charge in [-0.25, -0.2) is 0 Å². The minimum absolute atomic E-state index is 0.121. The molecule has 3 rings (SSSR count). The third-order valence-electron chi connectivity index (χ3n) is 4.72. The van der Waals surface area contributed by atoms with E-state index in [0.29, 0.717) is 12.4 Å². The molecule has 4 heteroatoms. The first-order chi connectivity index (χ1) is 10.2. The van der Waals surface area contributed by atoms with Crippen molar-refractivity contribution < 1.29 is 4.52 Å². The van der Waals surface area contributed by atoms with Gasteiger partial charge in [-0.05, 0) is 25.3 Å². The first kappa shape index (κ1) is 14.3. The Labute approximate surface area is 125 Å². The molecule has 1 aliphatic rings. The monoisotopic (exact) mass is 285 g/mol. The van der Waals surface area contributed by atoms with Crippen molar-refractivity contribution in [2.75, 3.05) is 6.54 Å². The lowest BCUT2D eigenvalue weighted by atomic mass is 9.80. The summed E-state index contributed by atoms with van der Waals surface area (Å²) in [5.74, 6) is 1.41. The van der Waals surface area contributed by atoms with Gasteiger partial charge in [0.15, 0.2) is 0 Å². The van der Waals surface area contributed by atoms with Gasteiger partial charge in [0.1, 0.15) is 0 Å². The van der Waals surface area contributed by atoms with Gasteiger partial charge in [0, 0.05) is 12.1 Å². The largest absolute Gasteiger partial charge is 0.338 e. The first-order valence-corrected chi connectivity index (χ1v) is 7.85. The van der Waals surface area contributed by atoms with Crippen LogP contribution < -0.4 is 5.73 Å². The van der Waals surface area contributed by atoms with Crippen LogP contribution in [0.1, 0.15) is 50.0 Å². The molecule has 112 valence electrons. The van der Waals surface area contributed by atoms with Gasteiger partial charge in [-0.15, -0.1) is 0 Å². The molecule has 21 heavy (non-hydrogen) atoms. The lowest BCUT2D eigenvalue weighted by molar-refractivity contribution is 0.257. The second-order valence-electron chi connectivity index (χ2n) is 6.14. The Bertz CT molecular complexity index is 598. The summed E-state index contributed by atoms with van der Waals surface area (Å²) >= 11 is 0. The fraction of sp³-hybridized carbons (Fsp3) is 0.529. The molecular weight excluding hydrogens is 262 g/mol. The zero-order chi connectivity index (χ0) is 14.7. The molecule has 0 atom stereocenters. The van der Waals surface area contributed by atoms with Gasteiger partial charge in [-0.1, -0.05) is 55.1 Å². The van der Waals surface area contributed by atoms with E-state index in [1.54, 1.807) is 0 Å². The van der Waals surface area contributed by atoms with Crippen LogP contribution in [0.3, 0.4) is 0 Å². The Morgan fingerprint density at radius 3 is 2.52 bits per heavy atom. The van der Waals surface area contributed by atoms with Gasteiger partial charge < -0.3 is 10.3 Å².